The van der Waals surface area contributed by atoms with Crippen molar-refractivity contribution in [3.63, 3.8) is 0 Å². The Balaban J connectivity index is 1.79. The second-order valence-electron chi connectivity index (χ2n) is 9.79. The summed E-state index contributed by atoms with van der Waals surface area (Å²) in [4.78, 5) is 30.4. The van der Waals surface area contributed by atoms with Gasteiger partial charge in [0, 0.05) is 35.3 Å². The number of benzene rings is 1. The summed E-state index contributed by atoms with van der Waals surface area (Å²) in [7, 11) is 0. The van der Waals surface area contributed by atoms with Crippen LogP contribution >= 0.6 is 0 Å². The molecule has 3 rings (SSSR count). The summed E-state index contributed by atoms with van der Waals surface area (Å²) in [6.45, 7) is 8.34. The molecule has 0 aromatic heterocycles. The molecule has 4 heteroatoms. The van der Waals surface area contributed by atoms with E-state index in [1.54, 1.807) is 0 Å². The van der Waals surface area contributed by atoms with Crippen LogP contribution in [0.2, 0.25) is 0 Å². The molecular weight excluding hydrogens is 372 g/mol. The molecule has 0 heterocycles. The van der Waals surface area contributed by atoms with Crippen LogP contribution in [-0.4, -0.2) is 23.9 Å². The van der Waals surface area contributed by atoms with Gasteiger partial charge in [0.2, 0.25) is 11.8 Å². The molecule has 2 fully saturated rings. The van der Waals surface area contributed by atoms with Crippen molar-refractivity contribution in [1.82, 2.24) is 0 Å². The summed E-state index contributed by atoms with van der Waals surface area (Å²) >= 11 is 0. The molecule has 0 spiro atoms. The molecular formula is C26H40N2O2. The van der Waals surface area contributed by atoms with Gasteiger partial charge in [-0.2, -0.15) is 0 Å². The van der Waals surface area contributed by atoms with Crippen LogP contribution in [-0.2, 0) is 9.59 Å². The van der Waals surface area contributed by atoms with Gasteiger partial charge < -0.3 is 9.80 Å². The van der Waals surface area contributed by atoms with E-state index in [4.69, 9.17) is 0 Å². The van der Waals surface area contributed by atoms with Crippen molar-refractivity contribution in [1.29, 1.82) is 0 Å². The average Bonchev–Trinajstić information content (AvgIpc) is 2.75. The van der Waals surface area contributed by atoms with Crippen LogP contribution in [0.15, 0.2) is 24.3 Å². The highest BCUT2D eigenvalue weighted by Crippen LogP contribution is 2.32. The summed E-state index contributed by atoms with van der Waals surface area (Å²) < 4.78 is 0. The van der Waals surface area contributed by atoms with Gasteiger partial charge in [0.25, 0.3) is 0 Å². The van der Waals surface area contributed by atoms with Crippen LogP contribution in [0.1, 0.15) is 91.9 Å². The number of carbonyl (C=O) groups excluding carboxylic acids is 2. The lowest BCUT2D eigenvalue weighted by molar-refractivity contribution is -0.124. The zero-order valence-corrected chi connectivity index (χ0v) is 19.4. The van der Waals surface area contributed by atoms with Gasteiger partial charge in [-0.3, -0.25) is 9.59 Å². The summed E-state index contributed by atoms with van der Waals surface area (Å²) in [6.07, 6.45) is 11.2. The van der Waals surface area contributed by atoms with Gasteiger partial charge >= 0.3 is 0 Å². The maximum Gasteiger partial charge on any atom is 0.230 e. The van der Waals surface area contributed by atoms with Crippen LogP contribution in [0, 0.1) is 11.8 Å². The largest absolute Gasteiger partial charge is 0.310 e. The van der Waals surface area contributed by atoms with Crippen LogP contribution in [0.25, 0.3) is 0 Å². The molecule has 0 radical (unpaired) electrons. The lowest BCUT2D eigenvalue weighted by Crippen LogP contribution is -2.42. The minimum atomic E-state index is 0.121. The van der Waals surface area contributed by atoms with E-state index in [1.165, 1.54) is 12.8 Å². The van der Waals surface area contributed by atoms with Gasteiger partial charge in [0.15, 0.2) is 0 Å². The molecule has 0 N–H and O–H groups in total. The van der Waals surface area contributed by atoms with E-state index in [1.807, 2.05) is 34.1 Å². The maximum absolute atomic E-state index is 13.2. The molecule has 0 atom stereocenters. The normalized spacial score (nSPS) is 18.6. The minimum absolute atomic E-state index is 0.121. The van der Waals surface area contributed by atoms with Gasteiger partial charge in [0.05, 0.1) is 0 Å². The van der Waals surface area contributed by atoms with Crippen LogP contribution < -0.4 is 9.80 Å². The predicted octanol–water partition coefficient (Wildman–Crippen LogP) is 6.33. The van der Waals surface area contributed by atoms with Gasteiger partial charge in [0.1, 0.15) is 0 Å². The second kappa shape index (κ2) is 10.5. The van der Waals surface area contributed by atoms with Gasteiger partial charge in [-0.1, -0.05) is 38.5 Å². The molecule has 2 aliphatic carbocycles. The van der Waals surface area contributed by atoms with Crippen molar-refractivity contribution in [2.24, 2.45) is 11.8 Å². The van der Waals surface area contributed by atoms with E-state index in [9.17, 15) is 9.59 Å². The highest BCUT2D eigenvalue weighted by atomic mass is 16.2. The van der Waals surface area contributed by atoms with E-state index in [0.29, 0.717) is 0 Å². The SMILES string of the molecule is CC(C)N(C(=O)C1CCCCC1)c1ccc(N(C(=O)C2CCCCC2)C(C)C)cc1. The Hall–Kier alpha value is -1.84. The average molecular weight is 413 g/mol. The van der Waals surface area contributed by atoms with Crippen molar-refractivity contribution in [2.75, 3.05) is 9.80 Å². The summed E-state index contributed by atoms with van der Waals surface area (Å²) in [5.41, 5.74) is 1.89. The van der Waals surface area contributed by atoms with Crippen molar-refractivity contribution < 1.29 is 9.59 Å². The predicted molar refractivity (Wildman–Crippen MR) is 125 cm³/mol. The second-order valence-corrected chi connectivity index (χ2v) is 9.79. The first kappa shape index (κ1) is 22.8. The highest BCUT2D eigenvalue weighted by molar-refractivity contribution is 5.97. The van der Waals surface area contributed by atoms with Crippen molar-refractivity contribution in [3.8, 4) is 0 Å². The third-order valence-electron chi connectivity index (χ3n) is 6.82. The lowest BCUT2D eigenvalue weighted by Gasteiger charge is -2.34. The third-order valence-corrected chi connectivity index (χ3v) is 6.82. The van der Waals surface area contributed by atoms with E-state index in [2.05, 4.69) is 27.7 Å². The van der Waals surface area contributed by atoms with E-state index < -0.39 is 0 Å². The Morgan fingerprint density at radius 1 is 0.633 bits per heavy atom. The Morgan fingerprint density at radius 3 is 1.20 bits per heavy atom. The lowest BCUT2D eigenvalue weighted by atomic mass is 9.87. The Morgan fingerprint density at radius 2 is 0.933 bits per heavy atom. The van der Waals surface area contributed by atoms with Crippen molar-refractivity contribution in [3.05, 3.63) is 24.3 Å². The molecule has 2 amide bonds. The minimum Gasteiger partial charge on any atom is -0.310 e. The van der Waals surface area contributed by atoms with Gasteiger partial charge in [-0.25, -0.2) is 0 Å². The third kappa shape index (κ3) is 5.25. The summed E-state index contributed by atoms with van der Waals surface area (Å²) in [6, 6.07) is 8.35. The molecule has 1 aromatic rings. The van der Waals surface area contributed by atoms with Crippen molar-refractivity contribution in [2.45, 2.75) is 104 Å². The number of carbonyl (C=O) groups is 2. The Kier molecular flexibility index (Phi) is 7.96. The fraction of sp³-hybridized carbons (Fsp3) is 0.692. The molecule has 0 saturated heterocycles. The molecule has 2 saturated carbocycles. The topological polar surface area (TPSA) is 40.6 Å². The van der Waals surface area contributed by atoms with Crippen molar-refractivity contribution >= 4 is 23.2 Å². The zero-order valence-electron chi connectivity index (χ0n) is 19.4. The standard InChI is InChI=1S/C26H40N2O2/c1-19(2)27(25(29)21-11-7-5-8-12-21)23-15-17-24(18-16-23)28(20(3)4)26(30)22-13-9-6-10-14-22/h15-22H,5-14H2,1-4H3. The molecule has 30 heavy (non-hydrogen) atoms. The summed E-state index contributed by atoms with van der Waals surface area (Å²) in [5, 5.41) is 0. The van der Waals surface area contributed by atoms with E-state index in [-0.39, 0.29) is 35.7 Å². The smallest absolute Gasteiger partial charge is 0.230 e. The van der Waals surface area contributed by atoms with Crippen LogP contribution in [0.3, 0.4) is 0 Å². The fourth-order valence-electron chi connectivity index (χ4n) is 5.23. The number of nitrogens with zero attached hydrogens (tertiary/aromatic N) is 2. The van der Waals surface area contributed by atoms with Crippen LogP contribution in [0.5, 0.6) is 0 Å². The summed E-state index contributed by atoms with van der Waals surface area (Å²) in [5.74, 6) is 0.828. The van der Waals surface area contributed by atoms with Gasteiger partial charge in [-0.05, 0) is 77.6 Å². The number of anilines is 2. The number of hydrogen-bond donors (Lipinski definition) is 0. The molecule has 2 aliphatic rings. The monoisotopic (exact) mass is 412 g/mol. The van der Waals surface area contributed by atoms with E-state index in [0.717, 1.165) is 62.7 Å². The molecule has 0 aliphatic heterocycles. The highest BCUT2D eigenvalue weighted by Gasteiger charge is 2.30. The molecule has 1 aromatic carbocycles. The Labute approximate surface area is 183 Å². The molecule has 0 bridgehead atoms. The van der Waals surface area contributed by atoms with E-state index >= 15 is 0 Å². The maximum atomic E-state index is 13.2. The first-order chi connectivity index (χ1) is 14.4. The molecule has 4 nitrogen and oxygen atoms in total. The fourth-order valence-corrected chi connectivity index (χ4v) is 5.23. The first-order valence-electron chi connectivity index (χ1n) is 12.2. The Bertz CT molecular complexity index is 637. The number of rotatable bonds is 6. The number of hydrogen-bond acceptors (Lipinski definition) is 2. The van der Waals surface area contributed by atoms with Gasteiger partial charge in [-0.15, -0.1) is 0 Å². The molecule has 0 unspecified atom stereocenters. The number of amides is 2. The quantitative estimate of drug-likeness (QED) is 0.548. The van der Waals surface area contributed by atoms with Crippen LogP contribution in [0.4, 0.5) is 11.4 Å². The zero-order chi connectivity index (χ0) is 21.7. The first-order valence-corrected chi connectivity index (χ1v) is 12.2. The molecule has 166 valence electrons.